The number of aromatic nitrogens is 4. The Kier molecular flexibility index (Phi) is 4.04. The van der Waals surface area contributed by atoms with Gasteiger partial charge in [-0.05, 0) is 29.8 Å². The van der Waals surface area contributed by atoms with Crippen LogP contribution in [0.1, 0.15) is 17.8 Å². The Morgan fingerprint density at radius 2 is 2.05 bits per heavy atom. The minimum Gasteiger partial charge on any atom is -0.323 e. The molecule has 0 fully saturated rings. The van der Waals surface area contributed by atoms with Crippen molar-refractivity contribution in [3.8, 4) is 0 Å². The van der Waals surface area contributed by atoms with Gasteiger partial charge in [0.1, 0.15) is 0 Å². The smallest absolute Gasteiger partial charge is 0.226 e. The molecule has 1 N–H and O–H groups in total. The molecule has 0 unspecified atom stereocenters. The van der Waals surface area contributed by atoms with Gasteiger partial charge in [-0.15, -0.1) is 0 Å². The van der Waals surface area contributed by atoms with Crippen LogP contribution in [0, 0.1) is 13.8 Å². The average Bonchev–Trinajstić information content (AvgIpc) is 2.86. The largest absolute Gasteiger partial charge is 0.323 e. The fourth-order valence-electron chi connectivity index (χ4n) is 1.69. The number of hydrogen-bond donors (Lipinski definition) is 1. The molecule has 2 heterocycles. The highest BCUT2D eigenvalue weighted by molar-refractivity contribution is 9.10. The number of amides is 1. The third-order valence-corrected chi connectivity index (χ3v) is 3.88. The standard InChI is InChI=1S/C12H16BrN5O/c1-8-10(13)6-15-18(8)5-4-12(19)16-11-7-14-17(3)9(11)2/h6-7H,4-5H2,1-3H3,(H,16,19). The number of carbonyl (C=O) groups excluding carboxylic acids is 1. The number of nitrogens with zero attached hydrogens (tertiary/aromatic N) is 4. The van der Waals surface area contributed by atoms with Crippen LogP contribution < -0.4 is 5.32 Å². The summed E-state index contributed by atoms with van der Waals surface area (Å²) < 4.78 is 4.49. The quantitative estimate of drug-likeness (QED) is 0.935. The predicted molar refractivity (Wildman–Crippen MR) is 75.9 cm³/mol. The maximum atomic E-state index is 11.9. The molecular formula is C12H16BrN5O. The van der Waals surface area contributed by atoms with E-state index in [0.29, 0.717) is 13.0 Å². The van der Waals surface area contributed by atoms with E-state index in [1.165, 1.54) is 0 Å². The van der Waals surface area contributed by atoms with Crippen molar-refractivity contribution in [1.82, 2.24) is 19.6 Å². The van der Waals surface area contributed by atoms with Crippen molar-refractivity contribution in [2.45, 2.75) is 26.8 Å². The maximum Gasteiger partial charge on any atom is 0.226 e. The molecule has 1 amide bonds. The minimum atomic E-state index is -0.0397. The monoisotopic (exact) mass is 325 g/mol. The zero-order valence-electron chi connectivity index (χ0n) is 11.1. The van der Waals surface area contributed by atoms with Crippen molar-refractivity contribution in [2.24, 2.45) is 7.05 Å². The fraction of sp³-hybridized carbons (Fsp3) is 0.417. The molecule has 0 aromatic carbocycles. The van der Waals surface area contributed by atoms with Crippen LogP contribution in [0.3, 0.4) is 0 Å². The fourth-order valence-corrected chi connectivity index (χ4v) is 1.99. The van der Waals surface area contributed by atoms with Gasteiger partial charge in [0, 0.05) is 19.2 Å². The van der Waals surface area contributed by atoms with Gasteiger partial charge in [0.25, 0.3) is 0 Å². The van der Waals surface area contributed by atoms with Crippen LogP contribution in [0.25, 0.3) is 0 Å². The highest BCUT2D eigenvalue weighted by Gasteiger charge is 2.09. The normalized spacial score (nSPS) is 10.7. The van der Waals surface area contributed by atoms with Crippen molar-refractivity contribution in [3.05, 3.63) is 28.3 Å². The number of aryl methyl sites for hydroxylation is 2. The van der Waals surface area contributed by atoms with E-state index >= 15 is 0 Å². The Labute approximate surface area is 119 Å². The van der Waals surface area contributed by atoms with Crippen LogP contribution in [0.15, 0.2) is 16.9 Å². The molecule has 19 heavy (non-hydrogen) atoms. The zero-order chi connectivity index (χ0) is 14.0. The topological polar surface area (TPSA) is 64.7 Å². The Morgan fingerprint density at radius 1 is 1.32 bits per heavy atom. The van der Waals surface area contributed by atoms with Gasteiger partial charge in [0.15, 0.2) is 0 Å². The van der Waals surface area contributed by atoms with E-state index in [1.54, 1.807) is 21.8 Å². The number of nitrogens with one attached hydrogen (secondary N) is 1. The average molecular weight is 326 g/mol. The Bertz CT molecular complexity index is 601. The number of rotatable bonds is 4. The molecule has 0 aliphatic rings. The van der Waals surface area contributed by atoms with E-state index in [9.17, 15) is 4.79 Å². The number of hydrogen-bond acceptors (Lipinski definition) is 3. The van der Waals surface area contributed by atoms with Crippen molar-refractivity contribution >= 4 is 27.5 Å². The van der Waals surface area contributed by atoms with Gasteiger partial charge in [-0.3, -0.25) is 14.2 Å². The molecule has 7 heteroatoms. The van der Waals surface area contributed by atoms with Gasteiger partial charge in [0.05, 0.1) is 34.8 Å². The maximum absolute atomic E-state index is 11.9. The van der Waals surface area contributed by atoms with E-state index in [2.05, 4.69) is 31.4 Å². The summed E-state index contributed by atoms with van der Waals surface area (Å²) in [5, 5.41) is 11.1. The van der Waals surface area contributed by atoms with Crippen molar-refractivity contribution in [3.63, 3.8) is 0 Å². The number of anilines is 1. The molecule has 6 nitrogen and oxygen atoms in total. The molecule has 0 aliphatic carbocycles. The van der Waals surface area contributed by atoms with Gasteiger partial charge >= 0.3 is 0 Å². The molecule has 0 saturated heterocycles. The zero-order valence-corrected chi connectivity index (χ0v) is 12.7. The molecule has 2 aromatic rings. The summed E-state index contributed by atoms with van der Waals surface area (Å²) in [5.74, 6) is -0.0397. The molecular weight excluding hydrogens is 310 g/mol. The Balaban J connectivity index is 1.92. The van der Waals surface area contributed by atoms with Crippen LogP contribution >= 0.6 is 15.9 Å². The lowest BCUT2D eigenvalue weighted by Crippen LogP contribution is -2.16. The van der Waals surface area contributed by atoms with Crippen LogP contribution in [0.5, 0.6) is 0 Å². The number of carbonyl (C=O) groups is 1. The first-order chi connectivity index (χ1) is 8.99. The second kappa shape index (κ2) is 5.56. The van der Waals surface area contributed by atoms with Gasteiger partial charge < -0.3 is 5.32 Å². The van der Waals surface area contributed by atoms with E-state index in [4.69, 9.17) is 0 Å². The Hall–Kier alpha value is -1.63. The number of halogens is 1. The van der Waals surface area contributed by atoms with Crippen molar-refractivity contribution < 1.29 is 4.79 Å². The molecule has 2 rings (SSSR count). The van der Waals surface area contributed by atoms with E-state index in [-0.39, 0.29) is 5.91 Å². The molecule has 0 aliphatic heterocycles. The summed E-state index contributed by atoms with van der Waals surface area (Å²) >= 11 is 3.39. The molecule has 0 spiro atoms. The van der Waals surface area contributed by atoms with E-state index in [0.717, 1.165) is 21.5 Å². The molecule has 102 valence electrons. The lowest BCUT2D eigenvalue weighted by atomic mass is 10.3. The lowest BCUT2D eigenvalue weighted by molar-refractivity contribution is -0.116. The molecule has 0 bridgehead atoms. The first-order valence-corrected chi connectivity index (χ1v) is 6.74. The first kappa shape index (κ1) is 13.8. The SMILES string of the molecule is Cc1c(NC(=O)CCn2ncc(Br)c2C)cnn1C. The summed E-state index contributed by atoms with van der Waals surface area (Å²) in [6, 6.07) is 0. The van der Waals surface area contributed by atoms with Crippen molar-refractivity contribution in [1.29, 1.82) is 0 Å². The Morgan fingerprint density at radius 3 is 2.58 bits per heavy atom. The van der Waals surface area contributed by atoms with E-state index in [1.807, 2.05) is 20.9 Å². The van der Waals surface area contributed by atoms with Crippen LogP contribution in [-0.2, 0) is 18.4 Å². The predicted octanol–water partition coefficient (Wildman–Crippen LogP) is 2.02. The highest BCUT2D eigenvalue weighted by Crippen LogP contribution is 2.15. The van der Waals surface area contributed by atoms with Crippen LogP contribution in [0.2, 0.25) is 0 Å². The summed E-state index contributed by atoms with van der Waals surface area (Å²) in [5.41, 5.74) is 2.71. The van der Waals surface area contributed by atoms with Gasteiger partial charge in [-0.25, -0.2) is 0 Å². The van der Waals surface area contributed by atoms with Crippen LogP contribution in [0.4, 0.5) is 5.69 Å². The minimum absolute atomic E-state index is 0.0397. The van der Waals surface area contributed by atoms with Gasteiger partial charge in [-0.1, -0.05) is 0 Å². The van der Waals surface area contributed by atoms with Gasteiger partial charge in [-0.2, -0.15) is 10.2 Å². The van der Waals surface area contributed by atoms with Crippen LogP contribution in [-0.4, -0.2) is 25.5 Å². The third-order valence-electron chi connectivity index (χ3n) is 3.10. The summed E-state index contributed by atoms with van der Waals surface area (Å²) in [7, 11) is 1.84. The first-order valence-electron chi connectivity index (χ1n) is 5.95. The molecule has 0 saturated carbocycles. The summed E-state index contributed by atoms with van der Waals surface area (Å²) in [4.78, 5) is 11.9. The van der Waals surface area contributed by atoms with Gasteiger partial charge in [0.2, 0.25) is 5.91 Å². The second-order valence-corrected chi connectivity index (χ2v) is 5.22. The van der Waals surface area contributed by atoms with E-state index < -0.39 is 0 Å². The summed E-state index contributed by atoms with van der Waals surface area (Å²) in [6.07, 6.45) is 3.77. The highest BCUT2D eigenvalue weighted by atomic mass is 79.9. The lowest BCUT2D eigenvalue weighted by Gasteiger charge is -2.06. The molecule has 0 radical (unpaired) electrons. The van der Waals surface area contributed by atoms with Crippen molar-refractivity contribution in [2.75, 3.05) is 5.32 Å². The second-order valence-electron chi connectivity index (χ2n) is 4.37. The molecule has 0 atom stereocenters. The third kappa shape index (κ3) is 3.04. The molecule has 2 aromatic heterocycles. The summed E-state index contributed by atoms with van der Waals surface area (Å²) in [6.45, 7) is 4.43.